The molecule has 6 rings (SSSR count). The molecule has 0 saturated heterocycles. The monoisotopic (exact) mass is 562 g/mol. The lowest BCUT2D eigenvalue weighted by atomic mass is 9.77. The summed E-state index contributed by atoms with van der Waals surface area (Å²) in [6.45, 7) is 1.93. The Morgan fingerprint density at radius 1 is 0.837 bits per heavy atom. The highest BCUT2D eigenvalue weighted by Gasteiger charge is 2.41. The molecule has 2 amide bonds. The molecule has 43 heavy (non-hydrogen) atoms. The van der Waals surface area contributed by atoms with Crippen molar-refractivity contribution in [2.45, 2.75) is 24.9 Å². The molecule has 4 aromatic carbocycles. The SMILES string of the molecule is CC(NC(=O)Nc1cc2c(cn1)c(CC#N)nn2C(c1ccccc1)(c1ccccc1)c1ccccc1)c1ccccc1. The highest BCUT2D eigenvalue weighted by Crippen LogP contribution is 2.43. The molecule has 0 radical (unpaired) electrons. The molecule has 2 aromatic heterocycles. The number of nitriles is 1. The largest absolute Gasteiger partial charge is 0.331 e. The second kappa shape index (κ2) is 12.0. The van der Waals surface area contributed by atoms with Crippen molar-refractivity contribution in [3.05, 3.63) is 162 Å². The Kier molecular flexibility index (Phi) is 7.66. The van der Waals surface area contributed by atoms with Crippen LogP contribution in [0.25, 0.3) is 10.9 Å². The van der Waals surface area contributed by atoms with Gasteiger partial charge in [-0.25, -0.2) is 14.5 Å². The summed E-state index contributed by atoms with van der Waals surface area (Å²) in [5, 5.41) is 21.5. The van der Waals surface area contributed by atoms with Gasteiger partial charge in [0.25, 0.3) is 0 Å². The van der Waals surface area contributed by atoms with E-state index in [-0.39, 0.29) is 18.5 Å². The smallest absolute Gasteiger partial charge is 0.320 e. The minimum Gasteiger partial charge on any atom is -0.331 e. The van der Waals surface area contributed by atoms with Gasteiger partial charge in [0.15, 0.2) is 0 Å². The van der Waals surface area contributed by atoms with E-state index in [9.17, 15) is 10.1 Å². The summed E-state index contributed by atoms with van der Waals surface area (Å²) < 4.78 is 1.98. The van der Waals surface area contributed by atoms with E-state index < -0.39 is 5.54 Å². The Morgan fingerprint density at radius 2 is 1.35 bits per heavy atom. The molecule has 1 atom stereocenters. The van der Waals surface area contributed by atoms with Gasteiger partial charge in [-0.2, -0.15) is 10.4 Å². The lowest BCUT2D eigenvalue weighted by molar-refractivity contribution is 0.249. The minimum atomic E-state index is -0.890. The van der Waals surface area contributed by atoms with Crippen molar-refractivity contribution in [2.24, 2.45) is 0 Å². The number of anilines is 1. The average Bonchev–Trinajstić information content (AvgIpc) is 3.41. The summed E-state index contributed by atoms with van der Waals surface area (Å²) in [6, 6.07) is 44.0. The maximum atomic E-state index is 13.1. The van der Waals surface area contributed by atoms with Gasteiger partial charge in [0.2, 0.25) is 0 Å². The van der Waals surface area contributed by atoms with Crippen molar-refractivity contribution in [2.75, 3.05) is 5.32 Å². The van der Waals surface area contributed by atoms with Gasteiger partial charge in [-0.05, 0) is 29.2 Å². The standard InChI is InChI=1S/C36H30N6O/c1-26(27-14-6-2-7-15-27)39-35(43)40-34-24-33-31(25-38-34)32(22-23-37)41-42(33)36(28-16-8-3-9-17-28,29-18-10-4-11-19-29)30-20-12-5-13-21-30/h2-21,24-26H,22H2,1H3,(H2,38,39,40,43). The molecule has 0 aliphatic heterocycles. The van der Waals surface area contributed by atoms with Crippen molar-refractivity contribution in [1.82, 2.24) is 20.1 Å². The van der Waals surface area contributed by atoms with Crippen molar-refractivity contribution in [3.63, 3.8) is 0 Å². The van der Waals surface area contributed by atoms with Crippen molar-refractivity contribution < 1.29 is 4.79 Å². The molecule has 0 spiro atoms. The zero-order valence-corrected chi connectivity index (χ0v) is 23.7. The van der Waals surface area contributed by atoms with Crippen LogP contribution in [0.5, 0.6) is 0 Å². The van der Waals surface area contributed by atoms with E-state index in [0.717, 1.165) is 33.2 Å². The number of fused-ring (bicyclic) bond motifs is 1. The zero-order valence-electron chi connectivity index (χ0n) is 23.7. The van der Waals surface area contributed by atoms with E-state index in [1.54, 1.807) is 6.20 Å². The highest BCUT2D eigenvalue weighted by molar-refractivity contribution is 5.92. The average molecular weight is 563 g/mol. The van der Waals surface area contributed by atoms with Crippen molar-refractivity contribution in [1.29, 1.82) is 5.26 Å². The molecular weight excluding hydrogens is 532 g/mol. The molecular formula is C36H30N6O. The summed E-state index contributed by atoms with van der Waals surface area (Å²) in [6.07, 6.45) is 1.80. The third kappa shape index (κ3) is 5.22. The van der Waals surface area contributed by atoms with E-state index >= 15 is 0 Å². The summed E-state index contributed by atoms with van der Waals surface area (Å²) in [4.78, 5) is 17.6. The van der Waals surface area contributed by atoms with Crippen LogP contribution in [0.2, 0.25) is 0 Å². The first-order valence-electron chi connectivity index (χ1n) is 14.2. The van der Waals surface area contributed by atoms with Crippen LogP contribution in [-0.4, -0.2) is 20.8 Å². The van der Waals surface area contributed by atoms with Gasteiger partial charge >= 0.3 is 6.03 Å². The predicted octanol–water partition coefficient (Wildman–Crippen LogP) is 7.22. The lowest BCUT2D eigenvalue weighted by Crippen LogP contribution is -2.38. The Morgan fingerprint density at radius 3 is 1.86 bits per heavy atom. The number of hydrogen-bond donors (Lipinski definition) is 2. The molecule has 6 aromatic rings. The fourth-order valence-electron chi connectivity index (χ4n) is 5.68. The molecule has 7 heteroatoms. The maximum absolute atomic E-state index is 13.1. The van der Waals surface area contributed by atoms with Crippen LogP contribution in [-0.2, 0) is 12.0 Å². The summed E-state index contributed by atoms with van der Waals surface area (Å²) >= 11 is 0. The number of carbonyl (C=O) groups is 1. The number of nitrogens with one attached hydrogen (secondary N) is 2. The Hall–Kier alpha value is -5.74. The minimum absolute atomic E-state index is 0.113. The van der Waals surface area contributed by atoms with Crippen molar-refractivity contribution in [3.8, 4) is 6.07 Å². The van der Waals surface area contributed by atoms with Crippen LogP contribution >= 0.6 is 0 Å². The molecule has 2 N–H and O–H groups in total. The highest BCUT2D eigenvalue weighted by atomic mass is 16.2. The Bertz CT molecular complexity index is 1780. The van der Waals surface area contributed by atoms with Crippen LogP contribution in [0.1, 0.15) is 40.9 Å². The molecule has 0 aliphatic rings. The zero-order chi connectivity index (χ0) is 29.6. The van der Waals surface area contributed by atoms with E-state index in [2.05, 4.69) is 58.1 Å². The fraction of sp³-hybridized carbons (Fsp3) is 0.111. The molecule has 1 unspecified atom stereocenters. The number of rotatable bonds is 8. The summed E-state index contributed by atoms with van der Waals surface area (Å²) in [5.74, 6) is 0.373. The Balaban J connectivity index is 1.53. The molecule has 0 bridgehead atoms. The van der Waals surface area contributed by atoms with Crippen LogP contribution in [0, 0.1) is 11.3 Å². The van der Waals surface area contributed by atoms with E-state index in [0.29, 0.717) is 11.5 Å². The van der Waals surface area contributed by atoms with Gasteiger partial charge in [0.1, 0.15) is 11.4 Å². The van der Waals surface area contributed by atoms with Gasteiger partial charge in [-0.3, -0.25) is 5.32 Å². The van der Waals surface area contributed by atoms with Gasteiger partial charge < -0.3 is 5.32 Å². The van der Waals surface area contributed by atoms with Gasteiger partial charge in [0.05, 0.1) is 29.7 Å². The third-order valence-electron chi connectivity index (χ3n) is 7.67. The van der Waals surface area contributed by atoms with Crippen LogP contribution < -0.4 is 10.6 Å². The van der Waals surface area contributed by atoms with Gasteiger partial charge in [-0.1, -0.05) is 121 Å². The molecule has 2 heterocycles. The second-order valence-electron chi connectivity index (χ2n) is 10.3. The number of hydrogen-bond acceptors (Lipinski definition) is 4. The second-order valence-corrected chi connectivity index (χ2v) is 10.3. The lowest BCUT2D eigenvalue weighted by Gasteiger charge is -2.37. The van der Waals surface area contributed by atoms with Crippen LogP contribution in [0.3, 0.4) is 0 Å². The number of benzene rings is 4. The number of pyridine rings is 1. The number of aromatic nitrogens is 3. The Labute approximate surface area is 250 Å². The molecule has 210 valence electrons. The molecule has 0 saturated carbocycles. The fourth-order valence-corrected chi connectivity index (χ4v) is 5.68. The molecule has 7 nitrogen and oxygen atoms in total. The first kappa shape index (κ1) is 27.4. The van der Waals surface area contributed by atoms with E-state index in [1.165, 1.54) is 0 Å². The normalized spacial score (nSPS) is 11.9. The first-order valence-corrected chi connectivity index (χ1v) is 14.2. The predicted molar refractivity (Wildman–Crippen MR) is 168 cm³/mol. The molecule has 0 fully saturated rings. The number of nitrogens with zero attached hydrogens (tertiary/aromatic N) is 4. The van der Waals surface area contributed by atoms with Crippen LogP contribution in [0.4, 0.5) is 10.6 Å². The van der Waals surface area contributed by atoms with Gasteiger partial charge in [-0.15, -0.1) is 0 Å². The quantitative estimate of drug-likeness (QED) is 0.192. The summed E-state index contributed by atoms with van der Waals surface area (Å²) in [5.41, 5.74) is 4.47. The number of amides is 2. The van der Waals surface area contributed by atoms with Gasteiger partial charge in [0, 0.05) is 17.6 Å². The molecule has 0 aliphatic carbocycles. The third-order valence-corrected chi connectivity index (χ3v) is 7.67. The van der Waals surface area contributed by atoms with Crippen LogP contribution in [0.15, 0.2) is 134 Å². The van der Waals surface area contributed by atoms with E-state index in [4.69, 9.17) is 5.10 Å². The van der Waals surface area contributed by atoms with E-state index in [1.807, 2.05) is 103 Å². The van der Waals surface area contributed by atoms with Crippen molar-refractivity contribution >= 4 is 22.8 Å². The number of carbonyl (C=O) groups excluding carboxylic acids is 1. The first-order chi connectivity index (χ1) is 21.1. The number of urea groups is 1. The topological polar surface area (TPSA) is 95.6 Å². The maximum Gasteiger partial charge on any atom is 0.320 e. The summed E-state index contributed by atoms with van der Waals surface area (Å²) in [7, 11) is 0.